The molecule has 136 valence electrons. The van der Waals surface area contributed by atoms with Crippen LogP contribution in [0.5, 0.6) is 0 Å². The number of ether oxygens (including phenoxy) is 1. The monoisotopic (exact) mass is 356 g/mol. The molecule has 0 saturated carbocycles. The molecule has 0 aliphatic carbocycles. The van der Waals surface area contributed by atoms with Gasteiger partial charge in [0.15, 0.2) is 0 Å². The zero-order valence-electron chi connectivity index (χ0n) is 14.8. The summed E-state index contributed by atoms with van der Waals surface area (Å²) in [6.45, 7) is 3.14. The van der Waals surface area contributed by atoms with E-state index in [1.54, 1.807) is 12.3 Å². The minimum atomic E-state index is -0.277. The van der Waals surface area contributed by atoms with E-state index in [1.165, 1.54) is 12.3 Å². The molecule has 6 nitrogen and oxygen atoms in total. The fourth-order valence-electron chi connectivity index (χ4n) is 3.33. The smallest absolute Gasteiger partial charge is 0.225 e. The van der Waals surface area contributed by atoms with E-state index in [2.05, 4.69) is 15.4 Å². The molecule has 0 spiro atoms. The van der Waals surface area contributed by atoms with Gasteiger partial charge in [0, 0.05) is 48.6 Å². The molecule has 3 aromatic rings. The Bertz CT molecular complexity index is 891. The highest BCUT2D eigenvalue weighted by atomic mass is 19.1. The van der Waals surface area contributed by atoms with E-state index in [0.29, 0.717) is 30.2 Å². The van der Waals surface area contributed by atoms with Crippen molar-refractivity contribution in [1.82, 2.24) is 20.1 Å². The lowest BCUT2D eigenvalue weighted by Crippen LogP contribution is -2.31. The fraction of sp³-hybridized carbons (Fsp3) is 0.368. The van der Waals surface area contributed by atoms with Gasteiger partial charge < -0.3 is 14.5 Å². The summed E-state index contributed by atoms with van der Waals surface area (Å²) in [7, 11) is 1.92. The lowest BCUT2D eigenvalue weighted by Gasteiger charge is -2.20. The van der Waals surface area contributed by atoms with Crippen LogP contribution in [-0.4, -0.2) is 27.4 Å². The molecule has 0 amide bonds. The third kappa shape index (κ3) is 3.15. The lowest BCUT2D eigenvalue weighted by atomic mass is 10.0. The molecule has 1 aromatic carbocycles. The van der Waals surface area contributed by atoms with Gasteiger partial charge in [-0.05, 0) is 25.5 Å². The predicted molar refractivity (Wildman–Crippen MR) is 93.8 cm³/mol. The Kier molecular flexibility index (Phi) is 4.57. The molecule has 7 heteroatoms. The van der Waals surface area contributed by atoms with Crippen LogP contribution in [0.1, 0.15) is 29.3 Å². The highest BCUT2D eigenvalue weighted by molar-refractivity contribution is 5.53. The molecule has 1 saturated heterocycles. The number of nitrogens with zero attached hydrogens (tertiary/aromatic N) is 3. The van der Waals surface area contributed by atoms with Crippen molar-refractivity contribution >= 4 is 0 Å². The van der Waals surface area contributed by atoms with E-state index < -0.39 is 0 Å². The largest absolute Gasteiger partial charge is 0.445 e. The number of nitrogens with one attached hydrogen (secondary N) is 1. The van der Waals surface area contributed by atoms with Crippen molar-refractivity contribution in [2.75, 3.05) is 6.61 Å². The van der Waals surface area contributed by atoms with Gasteiger partial charge in [-0.15, -0.1) is 0 Å². The fourth-order valence-corrected chi connectivity index (χ4v) is 3.33. The van der Waals surface area contributed by atoms with E-state index in [-0.39, 0.29) is 18.0 Å². The molecule has 4 rings (SSSR count). The van der Waals surface area contributed by atoms with Crippen LogP contribution in [0.25, 0.3) is 11.5 Å². The Hall–Kier alpha value is -2.51. The lowest BCUT2D eigenvalue weighted by molar-refractivity contribution is 0.0978. The molecular formula is C19H21FN4O2. The first-order valence-electron chi connectivity index (χ1n) is 8.65. The second-order valence-corrected chi connectivity index (χ2v) is 6.52. The topological polar surface area (TPSA) is 65.1 Å². The zero-order valence-corrected chi connectivity index (χ0v) is 14.8. The number of aromatic nitrogens is 3. The SMILES string of the molecule is Cc1c([C@H]2OCC[C@@H]2NCc2ccc(-c3ncco3)cc2F)cnn1C. The maximum atomic E-state index is 14.4. The predicted octanol–water partition coefficient (Wildman–Crippen LogP) is 3.14. The summed E-state index contributed by atoms with van der Waals surface area (Å²) in [5.41, 5.74) is 3.41. The molecule has 2 aromatic heterocycles. The summed E-state index contributed by atoms with van der Waals surface area (Å²) < 4.78 is 27.4. The highest BCUT2D eigenvalue weighted by Crippen LogP contribution is 2.31. The number of hydrogen-bond acceptors (Lipinski definition) is 5. The normalized spacial score (nSPS) is 20.0. The number of halogens is 1. The van der Waals surface area contributed by atoms with Gasteiger partial charge >= 0.3 is 0 Å². The van der Waals surface area contributed by atoms with E-state index in [0.717, 1.165) is 17.7 Å². The third-order valence-electron chi connectivity index (χ3n) is 4.96. The van der Waals surface area contributed by atoms with Crippen molar-refractivity contribution in [3.05, 3.63) is 59.5 Å². The van der Waals surface area contributed by atoms with E-state index >= 15 is 0 Å². The van der Waals surface area contributed by atoms with Crippen LogP contribution in [-0.2, 0) is 18.3 Å². The first kappa shape index (κ1) is 16.9. The van der Waals surface area contributed by atoms with Gasteiger partial charge in [0.2, 0.25) is 5.89 Å². The van der Waals surface area contributed by atoms with Crippen LogP contribution in [0, 0.1) is 12.7 Å². The average Bonchev–Trinajstić information content (AvgIpc) is 3.37. The Morgan fingerprint density at radius 2 is 2.27 bits per heavy atom. The van der Waals surface area contributed by atoms with Gasteiger partial charge in [0.25, 0.3) is 0 Å². The molecular weight excluding hydrogens is 335 g/mol. The third-order valence-corrected chi connectivity index (χ3v) is 4.96. The second-order valence-electron chi connectivity index (χ2n) is 6.52. The van der Waals surface area contributed by atoms with Crippen LogP contribution in [0.15, 0.2) is 41.3 Å². The molecule has 26 heavy (non-hydrogen) atoms. The molecule has 1 N–H and O–H groups in total. The van der Waals surface area contributed by atoms with Crippen LogP contribution >= 0.6 is 0 Å². The van der Waals surface area contributed by atoms with E-state index in [4.69, 9.17) is 9.15 Å². The van der Waals surface area contributed by atoms with Gasteiger partial charge in [0.1, 0.15) is 18.2 Å². The number of benzene rings is 1. The molecule has 1 fully saturated rings. The van der Waals surface area contributed by atoms with Crippen LogP contribution in [0.3, 0.4) is 0 Å². The van der Waals surface area contributed by atoms with Crippen molar-refractivity contribution in [2.24, 2.45) is 7.05 Å². The molecule has 1 aliphatic rings. The number of oxazole rings is 1. The highest BCUT2D eigenvalue weighted by Gasteiger charge is 2.31. The quantitative estimate of drug-likeness (QED) is 0.761. The number of aryl methyl sites for hydroxylation is 1. The van der Waals surface area contributed by atoms with E-state index in [9.17, 15) is 4.39 Å². The average molecular weight is 356 g/mol. The molecule has 1 aliphatic heterocycles. The second kappa shape index (κ2) is 7.01. The minimum absolute atomic E-state index is 0.0571. The van der Waals surface area contributed by atoms with Crippen LogP contribution in [0.2, 0.25) is 0 Å². The summed E-state index contributed by atoms with van der Waals surface area (Å²) in [5, 5.41) is 7.73. The Morgan fingerprint density at radius 3 is 2.96 bits per heavy atom. The van der Waals surface area contributed by atoms with Crippen molar-refractivity contribution in [2.45, 2.75) is 32.0 Å². The van der Waals surface area contributed by atoms with Gasteiger partial charge in [-0.2, -0.15) is 5.10 Å². The number of hydrogen-bond donors (Lipinski definition) is 1. The maximum absolute atomic E-state index is 14.4. The van der Waals surface area contributed by atoms with E-state index in [1.807, 2.05) is 30.9 Å². The molecule has 0 bridgehead atoms. The molecule has 2 atom stereocenters. The Balaban J connectivity index is 1.46. The summed E-state index contributed by atoms with van der Waals surface area (Å²) in [5.74, 6) is 0.140. The summed E-state index contributed by atoms with van der Waals surface area (Å²) >= 11 is 0. The van der Waals surface area contributed by atoms with Gasteiger partial charge in [-0.25, -0.2) is 9.37 Å². The van der Waals surface area contributed by atoms with Crippen LogP contribution in [0.4, 0.5) is 4.39 Å². The van der Waals surface area contributed by atoms with Gasteiger partial charge in [-0.1, -0.05) is 6.07 Å². The molecule has 3 heterocycles. The Labute approximate surface area is 151 Å². The van der Waals surface area contributed by atoms with Gasteiger partial charge in [-0.3, -0.25) is 4.68 Å². The summed E-state index contributed by atoms with van der Waals surface area (Å²) in [6.07, 6.45) is 5.70. The van der Waals surface area contributed by atoms with Crippen molar-refractivity contribution < 1.29 is 13.5 Å². The summed E-state index contributed by atoms with van der Waals surface area (Å²) in [6, 6.07) is 5.17. The molecule has 0 radical (unpaired) electrons. The van der Waals surface area contributed by atoms with Crippen LogP contribution < -0.4 is 5.32 Å². The minimum Gasteiger partial charge on any atom is -0.445 e. The maximum Gasteiger partial charge on any atom is 0.225 e. The molecule has 0 unspecified atom stereocenters. The zero-order chi connectivity index (χ0) is 18.1. The van der Waals surface area contributed by atoms with Gasteiger partial charge in [0.05, 0.1) is 12.4 Å². The Morgan fingerprint density at radius 1 is 1.38 bits per heavy atom. The van der Waals surface area contributed by atoms with Crippen molar-refractivity contribution in [3.8, 4) is 11.5 Å². The standard InChI is InChI=1S/C19H21FN4O2/c1-12-15(11-23-24(12)2)18-17(5-7-25-18)22-10-14-4-3-13(9-16(14)20)19-21-6-8-26-19/h3-4,6,8-9,11,17-18,22H,5,7,10H2,1-2H3/t17-,18+/m0/s1. The summed E-state index contributed by atoms with van der Waals surface area (Å²) in [4.78, 5) is 4.05. The first-order valence-corrected chi connectivity index (χ1v) is 8.65. The number of rotatable bonds is 5. The van der Waals surface area contributed by atoms with Crippen molar-refractivity contribution in [3.63, 3.8) is 0 Å². The van der Waals surface area contributed by atoms with Crippen molar-refractivity contribution in [1.29, 1.82) is 0 Å². The first-order chi connectivity index (χ1) is 12.6.